The highest BCUT2D eigenvalue weighted by Crippen LogP contribution is 2.57. The molecule has 6 aromatic rings. The summed E-state index contributed by atoms with van der Waals surface area (Å²) in [6.45, 7) is 5.81. The van der Waals surface area contributed by atoms with E-state index in [9.17, 15) is 40.7 Å². The molecule has 2 N–H and O–H groups in total. The van der Waals surface area contributed by atoms with Crippen molar-refractivity contribution in [3.8, 4) is 0 Å². The van der Waals surface area contributed by atoms with Crippen molar-refractivity contribution in [1.82, 2.24) is 14.7 Å². The molecule has 0 spiro atoms. The van der Waals surface area contributed by atoms with Crippen LogP contribution in [0.1, 0.15) is 163 Å². The van der Waals surface area contributed by atoms with Gasteiger partial charge in [0, 0.05) is 89.4 Å². The number of esters is 1. The van der Waals surface area contributed by atoms with Crippen LogP contribution in [0.15, 0.2) is 126 Å². The number of carboxylic acids is 2. The summed E-state index contributed by atoms with van der Waals surface area (Å²) in [5.41, 5.74) is 3.78. The summed E-state index contributed by atoms with van der Waals surface area (Å²) in [5.74, 6) is -9.12. The molecule has 3 saturated carbocycles. The van der Waals surface area contributed by atoms with Crippen LogP contribution in [0.5, 0.6) is 0 Å². The second kappa shape index (κ2) is 27.0. The molecule has 9 aliphatic rings. The second-order valence-corrected chi connectivity index (χ2v) is 28.1. The summed E-state index contributed by atoms with van der Waals surface area (Å²) in [4.78, 5) is 38.4. The topological polar surface area (TPSA) is 111 Å². The van der Waals surface area contributed by atoms with E-state index in [-0.39, 0.29) is 88.6 Å². The Labute approximate surface area is 570 Å². The highest BCUT2D eigenvalue weighted by molar-refractivity contribution is 5.88. The average molecular weight is 1390 g/mol. The Morgan fingerprint density at radius 3 is 0.930 bits per heavy atom. The average Bonchev–Trinajstić information content (AvgIpc) is 1.68. The van der Waals surface area contributed by atoms with Gasteiger partial charge in [-0.25, -0.2) is 67.1 Å². The molecule has 0 radical (unpaired) electrons. The maximum absolute atomic E-state index is 15.5. The Bertz CT molecular complexity index is 4300. The number of hydrogen-bond donors (Lipinski definition) is 2. The minimum absolute atomic E-state index is 0.0496. The van der Waals surface area contributed by atoms with E-state index in [1.54, 1.807) is 18.2 Å². The van der Waals surface area contributed by atoms with E-state index in [0.29, 0.717) is 105 Å². The highest BCUT2D eigenvalue weighted by atomic mass is 19.2. The molecule has 0 saturated heterocycles. The summed E-state index contributed by atoms with van der Waals surface area (Å²) >= 11 is 0. The Balaban J connectivity index is 0.000000134. The predicted molar refractivity (Wildman–Crippen MR) is 354 cm³/mol. The normalized spacial score (nSPS) is 23.5. The van der Waals surface area contributed by atoms with Gasteiger partial charge in [0.1, 0.15) is 69.4 Å². The van der Waals surface area contributed by atoms with E-state index >= 15 is 26.3 Å². The summed E-state index contributed by atoms with van der Waals surface area (Å²) in [6, 6.07) is 17.8. The zero-order valence-corrected chi connectivity index (χ0v) is 55.1. The molecule has 15 rings (SSSR count). The standard InChI is InChI=1S/C27H25F4NO2.2C26H23F4NO2/c1-15-10-18-19(13-17-4-3-5-20(28)24(17)18)26(32(15)14-27(31)8-9-27)25-21(29)11-16(12-22(25)30)6-7-23(33)34-2;2*1-14-9-17-18(12-16-3-2-4-19(27)23(16)17)25(31(14)13-26(30)7-8-26)24-20(28)10-15(11-21(24)29)5-6-22(32)33/h3-7,11-12,15,26H,8-10,13-14H2,1-2H3;2*2-6,10-11,14,25H,7-9,12-13H2,1H3,(H,32,33)/b7-6+;2*6-5+/t15-,26+;2*14-,25+/m000/s1. The molecule has 0 aromatic heterocycles. The molecule has 100 heavy (non-hydrogen) atoms. The molecule has 3 heterocycles. The van der Waals surface area contributed by atoms with E-state index in [0.717, 1.165) is 106 Å². The lowest BCUT2D eigenvalue weighted by atomic mass is 9.84. The number of carbonyl (C=O) groups is 3. The van der Waals surface area contributed by atoms with Crippen molar-refractivity contribution in [3.05, 3.63) is 245 Å². The van der Waals surface area contributed by atoms with E-state index < -0.39 is 87.9 Å². The number of benzene rings is 6. The SMILES string of the molecule is COC(=O)/C=C/c1cc(F)c([C@H]2C3=C(C[C@H](C)N2CC2(F)CC2)c2c(F)cccc2C3)c(F)c1.C[C@H]1CC2=C(Cc3cccc(F)c32)[C@H](c2c(F)cc(/C=C/C(=O)O)cc2F)N1CC1(F)CC1.C[C@H]1CC2=C(Cc3cccc(F)c32)[C@H](c2c(F)cc(/C=C/C(=O)O)cc2F)N1CC1(F)CC1. The quantitative estimate of drug-likeness (QED) is 0.0590. The van der Waals surface area contributed by atoms with Gasteiger partial charge in [-0.15, -0.1) is 0 Å². The summed E-state index contributed by atoms with van der Waals surface area (Å²) in [5, 5.41) is 17.6. The third-order valence-corrected chi connectivity index (χ3v) is 21.0. The summed E-state index contributed by atoms with van der Waals surface area (Å²) in [6.07, 6.45) is 11.2. The van der Waals surface area contributed by atoms with Crippen LogP contribution in [0.2, 0.25) is 0 Å². The number of aliphatic carboxylic acids is 2. The van der Waals surface area contributed by atoms with Crippen LogP contribution >= 0.6 is 0 Å². The maximum Gasteiger partial charge on any atom is 0.330 e. The van der Waals surface area contributed by atoms with Gasteiger partial charge in [-0.1, -0.05) is 36.4 Å². The number of rotatable bonds is 15. The van der Waals surface area contributed by atoms with Crippen LogP contribution in [0.25, 0.3) is 34.9 Å². The van der Waals surface area contributed by atoms with Gasteiger partial charge in [-0.2, -0.15) is 0 Å². The minimum atomic E-state index is -1.38. The van der Waals surface area contributed by atoms with Crippen molar-refractivity contribution in [2.75, 3.05) is 26.7 Å². The van der Waals surface area contributed by atoms with Crippen LogP contribution in [-0.2, 0) is 38.4 Å². The van der Waals surface area contributed by atoms with Gasteiger partial charge in [0.15, 0.2) is 0 Å². The van der Waals surface area contributed by atoms with Crippen molar-refractivity contribution in [1.29, 1.82) is 0 Å². The zero-order chi connectivity index (χ0) is 71.2. The van der Waals surface area contributed by atoms with Crippen molar-refractivity contribution >= 4 is 52.9 Å². The van der Waals surface area contributed by atoms with Crippen LogP contribution in [0.3, 0.4) is 0 Å². The lowest BCUT2D eigenvalue weighted by molar-refractivity contribution is -0.135. The third kappa shape index (κ3) is 13.8. The summed E-state index contributed by atoms with van der Waals surface area (Å²) < 4.78 is 186. The third-order valence-electron chi connectivity index (χ3n) is 21.0. The number of carbonyl (C=O) groups excluding carboxylic acids is 1. The number of methoxy groups -OCH3 is 1. The number of halogens is 12. The Hall–Kier alpha value is -8.79. The van der Waals surface area contributed by atoms with Crippen LogP contribution < -0.4 is 0 Å². The van der Waals surface area contributed by atoms with E-state index in [4.69, 9.17) is 10.2 Å². The van der Waals surface area contributed by atoms with Gasteiger partial charge in [-0.05, 0) is 237 Å². The van der Waals surface area contributed by atoms with E-state index in [1.165, 1.54) is 31.4 Å². The van der Waals surface area contributed by atoms with Crippen LogP contribution in [0.4, 0.5) is 52.7 Å². The monoisotopic (exact) mass is 1390 g/mol. The number of hydrogen-bond acceptors (Lipinski definition) is 7. The molecule has 6 aliphatic carbocycles. The van der Waals surface area contributed by atoms with Gasteiger partial charge in [-0.3, -0.25) is 14.7 Å². The Kier molecular flexibility index (Phi) is 18.8. The van der Waals surface area contributed by atoms with Crippen molar-refractivity contribution in [3.63, 3.8) is 0 Å². The zero-order valence-electron chi connectivity index (χ0n) is 55.1. The predicted octanol–water partition coefficient (Wildman–Crippen LogP) is 17.6. The first-order valence-electron chi connectivity index (χ1n) is 33.4. The molecule has 0 bridgehead atoms. The fourth-order valence-electron chi connectivity index (χ4n) is 15.7. The Morgan fingerprint density at radius 2 is 0.690 bits per heavy atom. The van der Waals surface area contributed by atoms with Gasteiger partial charge in [0.05, 0.1) is 25.2 Å². The molecule has 6 atom stereocenters. The van der Waals surface area contributed by atoms with Gasteiger partial charge in [0.25, 0.3) is 0 Å². The van der Waals surface area contributed by atoms with Crippen molar-refractivity contribution < 1.29 is 82.0 Å². The minimum Gasteiger partial charge on any atom is -0.478 e. The van der Waals surface area contributed by atoms with Gasteiger partial charge < -0.3 is 14.9 Å². The molecular formula is C79H71F12N3O6. The molecule has 522 valence electrons. The lowest BCUT2D eigenvalue weighted by Gasteiger charge is -2.43. The second-order valence-electron chi connectivity index (χ2n) is 28.1. The fraction of sp³-hybridized carbons (Fsp3) is 0.354. The van der Waals surface area contributed by atoms with Gasteiger partial charge >= 0.3 is 17.9 Å². The Morgan fingerprint density at radius 1 is 0.430 bits per heavy atom. The number of nitrogens with zero attached hydrogens (tertiary/aromatic N) is 3. The molecule has 21 heteroatoms. The van der Waals surface area contributed by atoms with Crippen LogP contribution in [0, 0.1) is 52.4 Å². The number of alkyl halides is 3. The molecular weight excluding hydrogens is 1310 g/mol. The largest absolute Gasteiger partial charge is 0.478 e. The molecule has 9 nitrogen and oxygen atoms in total. The smallest absolute Gasteiger partial charge is 0.330 e. The molecule has 3 aliphatic heterocycles. The first-order chi connectivity index (χ1) is 47.5. The van der Waals surface area contributed by atoms with Crippen molar-refractivity contribution in [2.45, 2.75) is 151 Å². The summed E-state index contributed by atoms with van der Waals surface area (Å²) in [7, 11) is 1.21. The molecule has 0 amide bonds. The van der Waals surface area contributed by atoms with Crippen molar-refractivity contribution in [2.24, 2.45) is 0 Å². The first-order valence-corrected chi connectivity index (χ1v) is 33.4. The van der Waals surface area contributed by atoms with Gasteiger partial charge in [0.2, 0.25) is 0 Å². The number of carboxylic acid groups (broad SMARTS) is 2. The van der Waals surface area contributed by atoms with Crippen LogP contribution in [-0.4, -0.2) is 105 Å². The number of ether oxygens (including phenoxy) is 1. The van der Waals surface area contributed by atoms with E-state index in [2.05, 4.69) is 4.74 Å². The first kappa shape index (κ1) is 69.7. The highest BCUT2D eigenvalue weighted by Gasteiger charge is 2.53. The fourth-order valence-corrected chi connectivity index (χ4v) is 15.7. The van der Waals surface area contributed by atoms with E-state index in [1.807, 2.05) is 53.7 Å². The molecule has 0 unspecified atom stereocenters. The molecule has 3 fully saturated rings. The number of fused-ring (bicyclic) bond motifs is 6. The molecule has 6 aromatic carbocycles. The lowest BCUT2D eigenvalue weighted by Crippen LogP contribution is -2.45. The maximum atomic E-state index is 15.5.